The average Bonchev–Trinajstić information content (AvgIpc) is 2.95. The van der Waals surface area contributed by atoms with E-state index in [9.17, 15) is 14.4 Å². The van der Waals surface area contributed by atoms with E-state index in [2.05, 4.69) is 26.1 Å². The highest BCUT2D eigenvalue weighted by Gasteiger charge is 2.47. The van der Waals surface area contributed by atoms with Crippen LogP contribution in [0.25, 0.3) is 0 Å². The van der Waals surface area contributed by atoms with Gasteiger partial charge in [-0.05, 0) is 48.4 Å². The number of nitrogens with zero attached hydrogens (tertiary/aromatic N) is 1. The molecular weight excluding hydrogens is 392 g/mol. The van der Waals surface area contributed by atoms with E-state index in [-0.39, 0.29) is 23.7 Å². The van der Waals surface area contributed by atoms with E-state index in [1.807, 2.05) is 36.4 Å². The molecule has 1 atom stereocenters. The van der Waals surface area contributed by atoms with E-state index in [0.29, 0.717) is 18.4 Å². The van der Waals surface area contributed by atoms with Crippen LogP contribution in [0.4, 0.5) is 4.79 Å². The van der Waals surface area contributed by atoms with Crippen LogP contribution in [0, 0.1) is 0 Å². The number of Topliss-reactive ketones (excluding diaryl/α,β-unsaturated/α-hetero) is 1. The second-order valence-corrected chi connectivity index (χ2v) is 9.25. The van der Waals surface area contributed by atoms with Gasteiger partial charge in [-0.1, -0.05) is 57.2 Å². The van der Waals surface area contributed by atoms with Crippen LogP contribution in [0.1, 0.15) is 55.6 Å². The van der Waals surface area contributed by atoms with Crippen LogP contribution < -0.4 is 10.1 Å². The minimum absolute atomic E-state index is 0.0158. The standard InChI is InChI=1S/C25H30N2O4/c1-24(2,3)19-10-8-18(9-11-19)21(28)16-27-22(29)25(4,26-23(27)30)15-14-17-6-12-20(31-5)13-7-17/h6-13H,14-16H2,1-5H3,(H,26,30)/t25-/m1/s1. The van der Waals surface area contributed by atoms with Crippen molar-refractivity contribution in [1.29, 1.82) is 0 Å². The molecule has 3 amide bonds. The maximum absolute atomic E-state index is 13.0. The summed E-state index contributed by atoms with van der Waals surface area (Å²) in [4.78, 5) is 39.2. The number of benzene rings is 2. The summed E-state index contributed by atoms with van der Waals surface area (Å²) < 4.78 is 5.16. The van der Waals surface area contributed by atoms with Crippen molar-refractivity contribution >= 4 is 17.7 Å². The highest BCUT2D eigenvalue weighted by atomic mass is 16.5. The number of ketones is 1. The maximum Gasteiger partial charge on any atom is 0.325 e. The first-order valence-corrected chi connectivity index (χ1v) is 10.4. The minimum atomic E-state index is -1.03. The number of urea groups is 1. The van der Waals surface area contributed by atoms with Gasteiger partial charge in [0.2, 0.25) is 0 Å². The fourth-order valence-electron chi connectivity index (χ4n) is 3.64. The molecule has 1 aliphatic heterocycles. The fraction of sp³-hybridized carbons (Fsp3) is 0.400. The molecule has 2 aromatic rings. The van der Waals surface area contributed by atoms with Gasteiger partial charge in [-0.15, -0.1) is 0 Å². The summed E-state index contributed by atoms with van der Waals surface area (Å²) >= 11 is 0. The average molecular weight is 423 g/mol. The number of hydrogen-bond donors (Lipinski definition) is 1. The summed E-state index contributed by atoms with van der Waals surface area (Å²) in [5.74, 6) is 0.134. The first-order chi connectivity index (χ1) is 14.5. The van der Waals surface area contributed by atoms with Crippen molar-refractivity contribution in [1.82, 2.24) is 10.2 Å². The lowest BCUT2D eigenvalue weighted by Gasteiger charge is -2.21. The summed E-state index contributed by atoms with van der Waals surface area (Å²) in [6, 6.07) is 14.4. The number of amides is 3. The largest absolute Gasteiger partial charge is 0.497 e. The summed E-state index contributed by atoms with van der Waals surface area (Å²) in [5.41, 5.74) is 1.59. The van der Waals surface area contributed by atoms with Crippen molar-refractivity contribution in [3.63, 3.8) is 0 Å². The maximum atomic E-state index is 13.0. The molecule has 164 valence electrons. The van der Waals surface area contributed by atoms with Crippen LogP contribution in [0.5, 0.6) is 5.75 Å². The van der Waals surface area contributed by atoms with Crippen LogP contribution in [0.2, 0.25) is 0 Å². The van der Waals surface area contributed by atoms with Crippen LogP contribution in [0.3, 0.4) is 0 Å². The highest BCUT2D eigenvalue weighted by molar-refractivity contribution is 6.11. The molecule has 3 rings (SSSR count). The Bertz CT molecular complexity index is 974. The second kappa shape index (κ2) is 8.53. The number of rotatable bonds is 7. The van der Waals surface area contributed by atoms with Gasteiger partial charge in [0.25, 0.3) is 5.91 Å². The van der Waals surface area contributed by atoms with Gasteiger partial charge in [0.05, 0.1) is 13.7 Å². The Labute approximate surface area is 183 Å². The van der Waals surface area contributed by atoms with Gasteiger partial charge in [-0.25, -0.2) is 4.79 Å². The quantitative estimate of drug-likeness (QED) is 0.538. The SMILES string of the molecule is COc1ccc(CC[C@@]2(C)NC(=O)N(CC(=O)c3ccc(C(C)(C)C)cc3)C2=O)cc1. The summed E-state index contributed by atoms with van der Waals surface area (Å²) in [7, 11) is 1.61. The monoisotopic (exact) mass is 422 g/mol. The first-order valence-electron chi connectivity index (χ1n) is 10.4. The Morgan fingerprint density at radius 2 is 1.65 bits per heavy atom. The molecule has 31 heavy (non-hydrogen) atoms. The van der Waals surface area contributed by atoms with E-state index < -0.39 is 11.6 Å². The molecule has 2 aromatic carbocycles. The van der Waals surface area contributed by atoms with Crippen LogP contribution >= 0.6 is 0 Å². The molecule has 0 aliphatic carbocycles. The van der Waals surface area contributed by atoms with Gasteiger partial charge >= 0.3 is 6.03 Å². The molecule has 0 spiro atoms. The molecule has 0 bridgehead atoms. The fourth-order valence-corrected chi connectivity index (χ4v) is 3.64. The lowest BCUT2D eigenvalue weighted by Crippen LogP contribution is -2.44. The Morgan fingerprint density at radius 1 is 1.03 bits per heavy atom. The molecule has 6 heteroatoms. The predicted molar refractivity (Wildman–Crippen MR) is 119 cm³/mol. The van der Waals surface area contributed by atoms with Crippen molar-refractivity contribution in [2.45, 2.75) is 51.5 Å². The van der Waals surface area contributed by atoms with E-state index >= 15 is 0 Å². The molecule has 1 fully saturated rings. The first kappa shape index (κ1) is 22.5. The molecular formula is C25H30N2O4. The molecule has 0 radical (unpaired) electrons. The molecule has 0 unspecified atom stereocenters. The number of nitrogens with one attached hydrogen (secondary N) is 1. The number of imide groups is 1. The van der Waals surface area contributed by atoms with Gasteiger partial charge in [-0.3, -0.25) is 14.5 Å². The third-order valence-corrected chi connectivity index (χ3v) is 5.79. The third kappa shape index (κ3) is 4.95. The molecule has 1 aliphatic rings. The van der Waals surface area contributed by atoms with Gasteiger partial charge in [0.15, 0.2) is 5.78 Å². The zero-order valence-electron chi connectivity index (χ0n) is 18.8. The Balaban J connectivity index is 1.65. The van der Waals surface area contributed by atoms with Crippen LogP contribution in [-0.4, -0.2) is 41.8 Å². The van der Waals surface area contributed by atoms with E-state index in [1.54, 1.807) is 26.2 Å². The summed E-state index contributed by atoms with van der Waals surface area (Å²) in [6.07, 6.45) is 1.05. The van der Waals surface area contributed by atoms with Crippen LogP contribution in [0.15, 0.2) is 48.5 Å². The number of carbonyl (C=O) groups excluding carboxylic acids is 3. The zero-order valence-corrected chi connectivity index (χ0v) is 18.8. The Morgan fingerprint density at radius 3 is 2.19 bits per heavy atom. The van der Waals surface area contributed by atoms with E-state index in [4.69, 9.17) is 4.74 Å². The number of hydrogen-bond acceptors (Lipinski definition) is 4. The lowest BCUT2D eigenvalue weighted by molar-refractivity contribution is -0.130. The van der Waals surface area contributed by atoms with Crippen molar-refractivity contribution in [2.24, 2.45) is 0 Å². The molecule has 0 aromatic heterocycles. The van der Waals surface area contributed by atoms with Crippen molar-refractivity contribution < 1.29 is 19.1 Å². The number of methoxy groups -OCH3 is 1. The Kier molecular flexibility index (Phi) is 6.20. The highest BCUT2D eigenvalue weighted by Crippen LogP contribution is 2.25. The smallest absolute Gasteiger partial charge is 0.325 e. The summed E-state index contributed by atoms with van der Waals surface area (Å²) in [6.45, 7) is 7.74. The minimum Gasteiger partial charge on any atom is -0.497 e. The zero-order chi connectivity index (χ0) is 22.8. The van der Waals surface area contributed by atoms with Gasteiger partial charge < -0.3 is 10.1 Å². The number of ether oxygens (including phenoxy) is 1. The van der Waals surface area contributed by atoms with Crippen molar-refractivity contribution in [2.75, 3.05) is 13.7 Å². The lowest BCUT2D eigenvalue weighted by atomic mass is 9.86. The molecule has 1 heterocycles. The van der Waals surface area contributed by atoms with Crippen molar-refractivity contribution in [3.05, 3.63) is 65.2 Å². The molecule has 1 N–H and O–H groups in total. The molecule has 1 saturated heterocycles. The van der Waals surface area contributed by atoms with Crippen molar-refractivity contribution in [3.8, 4) is 5.75 Å². The number of carbonyl (C=O) groups is 3. The number of aryl methyl sites for hydroxylation is 1. The molecule has 0 saturated carbocycles. The van der Waals surface area contributed by atoms with Gasteiger partial charge in [-0.2, -0.15) is 0 Å². The predicted octanol–water partition coefficient (Wildman–Crippen LogP) is 4.12. The van der Waals surface area contributed by atoms with Gasteiger partial charge in [0.1, 0.15) is 11.3 Å². The topological polar surface area (TPSA) is 75.7 Å². The van der Waals surface area contributed by atoms with Gasteiger partial charge in [0, 0.05) is 5.56 Å². The van der Waals surface area contributed by atoms with E-state index in [0.717, 1.165) is 21.8 Å². The second-order valence-electron chi connectivity index (χ2n) is 9.25. The molecule has 6 nitrogen and oxygen atoms in total. The summed E-state index contributed by atoms with van der Waals surface area (Å²) in [5, 5.41) is 2.77. The van der Waals surface area contributed by atoms with E-state index in [1.165, 1.54) is 0 Å². The normalized spacial score (nSPS) is 18.8. The van der Waals surface area contributed by atoms with Crippen LogP contribution in [-0.2, 0) is 16.6 Å². The third-order valence-electron chi connectivity index (χ3n) is 5.79. The Hall–Kier alpha value is -3.15.